The molecule has 0 saturated carbocycles. The third kappa shape index (κ3) is 3.74. The van der Waals surface area contributed by atoms with Gasteiger partial charge in [0.1, 0.15) is 0 Å². The summed E-state index contributed by atoms with van der Waals surface area (Å²) in [7, 11) is 0. The number of hydrogen-bond acceptors (Lipinski definition) is 3. The van der Waals surface area contributed by atoms with Crippen LogP contribution in [-0.2, 0) is 9.53 Å². The van der Waals surface area contributed by atoms with Gasteiger partial charge in [-0.25, -0.2) is 4.79 Å². The van der Waals surface area contributed by atoms with E-state index in [0.29, 0.717) is 17.9 Å². The fourth-order valence-electron chi connectivity index (χ4n) is 1.25. The smallest absolute Gasteiger partial charge is 0.339 e. The first-order chi connectivity index (χ1) is 8.45. The Balaban J connectivity index is 2.86. The zero-order valence-corrected chi connectivity index (χ0v) is 11.4. The lowest BCUT2D eigenvalue weighted by Crippen LogP contribution is -2.17. The molecule has 0 atom stereocenters. The Bertz CT molecular complexity index is 458. The van der Waals surface area contributed by atoms with Gasteiger partial charge in [-0.3, -0.25) is 4.79 Å². The number of halogens is 1. The summed E-state index contributed by atoms with van der Waals surface area (Å²) in [5, 5.41) is 2.96. The second kappa shape index (κ2) is 6.40. The highest BCUT2D eigenvalue weighted by molar-refractivity contribution is 6.34. The number of carbonyl (C=O) groups is 2. The largest absolute Gasteiger partial charge is 0.462 e. The number of nitrogens with one attached hydrogen (secondary N) is 1. The minimum Gasteiger partial charge on any atom is -0.462 e. The summed E-state index contributed by atoms with van der Waals surface area (Å²) in [5.74, 6) is -0.687. The third-order valence-corrected chi connectivity index (χ3v) is 2.57. The minimum atomic E-state index is -0.468. The summed E-state index contributed by atoms with van der Waals surface area (Å²) >= 11 is 5.97. The van der Waals surface area contributed by atoms with Crippen molar-refractivity contribution in [2.45, 2.75) is 20.8 Å². The van der Waals surface area contributed by atoms with Crippen LogP contribution in [0.1, 0.15) is 31.1 Å². The van der Waals surface area contributed by atoms with Gasteiger partial charge in [0, 0.05) is 11.6 Å². The van der Waals surface area contributed by atoms with Crippen molar-refractivity contribution in [2.75, 3.05) is 11.9 Å². The van der Waals surface area contributed by atoms with Gasteiger partial charge < -0.3 is 10.1 Å². The van der Waals surface area contributed by atoms with E-state index in [2.05, 4.69) is 5.32 Å². The van der Waals surface area contributed by atoms with Crippen LogP contribution in [0, 0.1) is 5.92 Å². The van der Waals surface area contributed by atoms with Gasteiger partial charge in [-0.05, 0) is 25.1 Å². The van der Waals surface area contributed by atoms with E-state index in [0.717, 1.165) is 0 Å². The molecule has 0 unspecified atom stereocenters. The standard InChI is InChI=1S/C13H16ClNO3/c1-4-18-13(17)10-6-5-9(7-11(10)14)15-12(16)8(2)3/h5-8H,4H2,1-3H3,(H,15,16). The SMILES string of the molecule is CCOC(=O)c1ccc(NC(=O)C(C)C)cc1Cl. The summed E-state index contributed by atoms with van der Waals surface area (Å²) in [4.78, 5) is 23.0. The van der Waals surface area contributed by atoms with Crippen molar-refractivity contribution in [1.82, 2.24) is 0 Å². The van der Waals surface area contributed by atoms with Gasteiger partial charge in [-0.15, -0.1) is 0 Å². The highest BCUT2D eigenvalue weighted by Gasteiger charge is 2.13. The lowest BCUT2D eigenvalue weighted by atomic mass is 10.1. The molecular formula is C13H16ClNO3. The molecule has 0 spiro atoms. The van der Waals surface area contributed by atoms with Gasteiger partial charge in [0.2, 0.25) is 5.91 Å². The number of amides is 1. The van der Waals surface area contributed by atoms with Crippen LogP contribution in [-0.4, -0.2) is 18.5 Å². The molecule has 1 rings (SSSR count). The summed E-state index contributed by atoms with van der Waals surface area (Å²) in [6.07, 6.45) is 0. The number of anilines is 1. The van der Waals surface area contributed by atoms with Crippen LogP contribution in [0.2, 0.25) is 5.02 Å². The molecule has 98 valence electrons. The van der Waals surface area contributed by atoms with Crippen molar-refractivity contribution in [3.05, 3.63) is 28.8 Å². The molecular weight excluding hydrogens is 254 g/mol. The Labute approximate surface area is 111 Å². The lowest BCUT2D eigenvalue weighted by molar-refractivity contribution is -0.118. The molecule has 0 aromatic heterocycles. The van der Waals surface area contributed by atoms with Crippen molar-refractivity contribution in [2.24, 2.45) is 5.92 Å². The first kappa shape index (κ1) is 14.5. The summed E-state index contributed by atoms with van der Waals surface area (Å²) < 4.78 is 4.86. The van der Waals surface area contributed by atoms with Crippen LogP contribution >= 0.6 is 11.6 Å². The summed E-state index contributed by atoms with van der Waals surface area (Å²) in [6.45, 7) is 5.61. The molecule has 0 aliphatic heterocycles. The summed E-state index contributed by atoms with van der Waals surface area (Å²) in [5.41, 5.74) is 0.854. The Morgan fingerprint density at radius 1 is 1.39 bits per heavy atom. The van der Waals surface area contributed by atoms with Crippen LogP contribution in [0.5, 0.6) is 0 Å². The zero-order valence-electron chi connectivity index (χ0n) is 10.6. The molecule has 0 aliphatic rings. The molecule has 1 aromatic carbocycles. The molecule has 0 radical (unpaired) electrons. The molecule has 0 heterocycles. The average Bonchev–Trinajstić information content (AvgIpc) is 2.29. The van der Waals surface area contributed by atoms with Crippen molar-refractivity contribution in [3.63, 3.8) is 0 Å². The van der Waals surface area contributed by atoms with Crippen LogP contribution < -0.4 is 5.32 Å². The molecule has 0 aliphatic carbocycles. The molecule has 1 N–H and O–H groups in total. The first-order valence-electron chi connectivity index (χ1n) is 5.73. The van der Waals surface area contributed by atoms with E-state index in [4.69, 9.17) is 16.3 Å². The maximum absolute atomic E-state index is 11.5. The molecule has 0 fully saturated rings. The second-order valence-electron chi connectivity index (χ2n) is 4.06. The number of carbonyl (C=O) groups excluding carboxylic acids is 2. The maximum Gasteiger partial charge on any atom is 0.339 e. The van der Waals surface area contributed by atoms with Crippen LogP contribution in [0.15, 0.2) is 18.2 Å². The third-order valence-electron chi connectivity index (χ3n) is 2.26. The van der Waals surface area contributed by atoms with E-state index in [-0.39, 0.29) is 16.8 Å². The number of rotatable bonds is 4. The quantitative estimate of drug-likeness (QED) is 0.855. The highest BCUT2D eigenvalue weighted by Crippen LogP contribution is 2.22. The van der Waals surface area contributed by atoms with E-state index >= 15 is 0 Å². The van der Waals surface area contributed by atoms with Crippen LogP contribution in [0.3, 0.4) is 0 Å². The predicted molar refractivity (Wildman–Crippen MR) is 70.9 cm³/mol. The van der Waals surface area contributed by atoms with Crippen molar-refractivity contribution < 1.29 is 14.3 Å². The molecule has 1 aromatic rings. The Morgan fingerprint density at radius 3 is 2.56 bits per heavy atom. The minimum absolute atomic E-state index is 0.102. The molecule has 0 saturated heterocycles. The van der Waals surface area contributed by atoms with E-state index < -0.39 is 5.97 Å². The highest BCUT2D eigenvalue weighted by atomic mass is 35.5. The average molecular weight is 270 g/mol. The normalized spacial score (nSPS) is 10.3. The van der Waals surface area contributed by atoms with E-state index in [1.807, 2.05) is 0 Å². The lowest BCUT2D eigenvalue weighted by Gasteiger charge is -2.09. The molecule has 18 heavy (non-hydrogen) atoms. The Kier molecular flexibility index (Phi) is 5.16. The maximum atomic E-state index is 11.5. The number of hydrogen-bond donors (Lipinski definition) is 1. The fraction of sp³-hybridized carbons (Fsp3) is 0.385. The van der Waals surface area contributed by atoms with Gasteiger partial charge in [0.05, 0.1) is 17.2 Å². The van der Waals surface area contributed by atoms with Crippen molar-refractivity contribution in [1.29, 1.82) is 0 Å². The Morgan fingerprint density at radius 2 is 2.06 bits per heavy atom. The van der Waals surface area contributed by atoms with Gasteiger partial charge in [0.15, 0.2) is 0 Å². The van der Waals surface area contributed by atoms with Crippen LogP contribution in [0.25, 0.3) is 0 Å². The first-order valence-corrected chi connectivity index (χ1v) is 6.11. The molecule has 1 amide bonds. The summed E-state index contributed by atoms with van der Waals surface area (Å²) in [6, 6.07) is 4.70. The van der Waals surface area contributed by atoms with E-state index in [1.165, 1.54) is 12.1 Å². The number of ether oxygens (including phenoxy) is 1. The zero-order chi connectivity index (χ0) is 13.7. The van der Waals surface area contributed by atoms with Gasteiger partial charge in [-0.1, -0.05) is 25.4 Å². The fourth-order valence-corrected chi connectivity index (χ4v) is 1.51. The monoisotopic (exact) mass is 269 g/mol. The topological polar surface area (TPSA) is 55.4 Å². The molecule has 5 heteroatoms. The molecule has 0 bridgehead atoms. The van der Waals surface area contributed by atoms with E-state index in [1.54, 1.807) is 26.8 Å². The second-order valence-corrected chi connectivity index (χ2v) is 4.47. The van der Waals surface area contributed by atoms with Gasteiger partial charge >= 0.3 is 5.97 Å². The molecule has 4 nitrogen and oxygen atoms in total. The van der Waals surface area contributed by atoms with Gasteiger partial charge in [0.25, 0.3) is 0 Å². The number of esters is 1. The van der Waals surface area contributed by atoms with Crippen LogP contribution in [0.4, 0.5) is 5.69 Å². The van der Waals surface area contributed by atoms with E-state index in [9.17, 15) is 9.59 Å². The van der Waals surface area contributed by atoms with Crippen molar-refractivity contribution >= 4 is 29.2 Å². The predicted octanol–water partition coefficient (Wildman–Crippen LogP) is 3.11. The Hall–Kier alpha value is -1.55. The van der Waals surface area contributed by atoms with Gasteiger partial charge in [-0.2, -0.15) is 0 Å². The van der Waals surface area contributed by atoms with Crippen molar-refractivity contribution in [3.8, 4) is 0 Å². The number of benzene rings is 1.